The van der Waals surface area contributed by atoms with Crippen molar-refractivity contribution in [3.05, 3.63) is 0 Å². The zero-order valence-electron chi connectivity index (χ0n) is 8.98. The average Bonchev–Trinajstić information content (AvgIpc) is 2.09. The van der Waals surface area contributed by atoms with Crippen molar-refractivity contribution < 1.29 is 8.42 Å². The van der Waals surface area contributed by atoms with Crippen molar-refractivity contribution in [3.63, 3.8) is 0 Å². The van der Waals surface area contributed by atoms with Crippen LogP contribution in [-0.2, 0) is 8.26 Å². The summed E-state index contributed by atoms with van der Waals surface area (Å²) in [6.45, 7) is 0. The first-order chi connectivity index (χ1) is 7.33. The molecule has 0 saturated heterocycles. The summed E-state index contributed by atoms with van der Waals surface area (Å²) in [6, 6.07) is 0.586. The van der Waals surface area contributed by atoms with Crippen molar-refractivity contribution >= 4 is 29.6 Å². The Bertz CT molecular complexity index is 322. The maximum Gasteiger partial charge on any atom is 0.317 e. The Hall–Kier alpha value is 0.490. The predicted octanol–water partition coefficient (Wildman–Crippen LogP) is 2.48. The second-order valence-corrected chi connectivity index (χ2v) is 9.05. The highest BCUT2D eigenvalue weighted by Crippen LogP contribution is 2.52. The van der Waals surface area contributed by atoms with E-state index in [0.717, 1.165) is 23.7 Å². The highest BCUT2D eigenvalue weighted by atomic mass is 36.0. The number of halogens is 2. The van der Waals surface area contributed by atoms with Crippen LogP contribution in [0.3, 0.4) is 0 Å². The molecule has 4 rings (SSSR count). The normalized spacial score (nSPS) is 45.1. The molecule has 94 valence electrons. The van der Waals surface area contributed by atoms with Crippen molar-refractivity contribution in [1.82, 2.24) is 0 Å². The summed E-state index contributed by atoms with van der Waals surface area (Å²) < 4.78 is 18.3. The van der Waals surface area contributed by atoms with Gasteiger partial charge in [0.25, 0.3) is 0 Å². The molecule has 0 aromatic carbocycles. The van der Waals surface area contributed by atoms with Crippen molar-refractivity contribution in [1.29, 1.82) is 0 Å². The van der Waals surface area contributed by atoms with E-state index in [0.29, 0.717) is 6.04 Å². The van der Waals surface area contributed by atoms with Crippen LogP contribution in [0.15, 0.2) is 0 Å². The SMILES string of the molecule is NC1C2CC3CC(C2)CC1C3.O=S(=O)(Cl)Cl. The Balaban J connectivity index is 0.000000168. The molecule has 6 heteroatoms. The van der Waals surface area contributed by atoms with Gasteiger partial charge in [0.05, 0.1) is 0 Å². The van der Waals surface area contributed by atoms with Crippen LogP contribution in [0.25, 0.3) is 0 Å². The molecule has 0 spiro atoms. The maximum absolute atomic E-state index is 9.16. The van der Waals surface area contributed by atoms with Gasteiger partial charge in [0.1, 0.15) is 0 Å². The molecule has 4 saturated carbocycles. The van der Waals surface area contributed by atoms with Gasteiger partial charge in [-0.15, -0.1) is 0 Å². The van der Waals surface area contributed by atoms with Gasteiger partial charge in [-0.25, -0.2) is 0 Å². The van der Waals surface area contributed by atoms with Crippen LogP contribution in [0, 0.1) is 23.7 Å². The van der Waals surface area contributed by atoms with E-state index in [2.05, 4.69) is 21.4 Å². The molecule has 4 fully saturated rings. The van der Waals surface area contributed by atoms with Crippen LogP contribution >= 0.6 is 21.4 Å². The van der Waals surface area contributed by atoms with Gasteiger partial charge in [-0.1, -0.05) is 0 Å². The third-order valence-corrected chi connectivity index (χ3v) is 4.30. The van der Waals surface area contributed by atoms with Gasteiger partial charge in [-0.2, -0.15) is 8.42 Å². The predicted molar refractivity (Wildman–Crippen MR) is 65.6 cm³/mol. The molecule has 4 aliphatic rings. The average molecular weight is 286 g/mol. The highest BCUT2D eigenvalue weighted by Gasteiger charge is 2.46. The van der Waals surface area contributed by atoms with E-state index in [9.17, 15) is 0 Å². The molecule has 0 radical (unpaired) electrons. The quantitative estimate of drug-likeness (QED) is 0.696. The van der Waals surface area contributed by atoms with Crippen LogP contribution in [0.1, 0.15) is 32.1 Å². The standard InChI is InChI=1S/C10H17N.Cl2O2S/c11-10-8-2-6-1-7(4-8)5-9(10)3-6;1-5(2,3)4/h6-10H,1-5,11H2;. The summed E-state index contributed by atoms with van der Waals surface area (Å²) in [5.41, 5.74) is 6.17. The van der Waals surface area contributed by atoms with Crippen molar-refractivity contribution in [3.8, 4) is 0 Å². The number of rotatable bonds is 0. The van der Waals surface area contributed by atoms with Gasteiger partial charge in [-0.3, -0.25) is 0 Å². The van der Waals surface area contributed by atoms with E-state index in [1.807, 2.05) is 0 Å². The van der Waals surface area contributed by atoms with Crippen molar-refractivity contribution in [2.24, 2.45) is 29.4 Å². The smallest absolute Gasteiger partial charge is 0.317 e. The zero-order chi connectivity index (χ0) is 11.9. The van der Waals surface area contributed by atoms with Crippen LogP contribution in [-0.4, -0.2) is 14.5 Å². The summed E-state index contributed by atoms with van der Waals surface area (Å²) in [5, 5.41) is 0. The molecule has 4 aliphatic carbocycles. The molecule has 0 aromatic heterocycles. The molecule has 0 atom stereocenters. The van der Waals surface area contributed by atoms with E-state index in [1.54, 1.807) is 6.42 Å². The van der Waals surface area contributed by atoms with E-state index in [-0.39, 0.29) is 0 Å². The van der Waals surface area contributed by atoms with Crippen molar-refractivity contribution in [2.75, 3.05) is 0 Å². The molecule has 0 aliphatic heterocycles. The van der Waals surface area contributed by atoms with E-state index < -0.39 is 8.26 Å². The fraction of sp³-hybridized carbons (Fsp3) is 1.00. The first-order valence-electron chi connectivity index (χ1n) is 5.72. The molecule has 16 heavy (non-hydrogen) atoms. The van der Waals surface area contributed by atoms with Gasteiger partial charge in [0, 0.05) is 27.4 Å². The Kier molecular flexibility index (Phi) is 3.75. The molecular formula is C10H17Cl2NO2S. The Labute approximate surface area is 106 Å². The van der Waals surface area contributed by atoms with Crippen LogP contribution in [0.5, 0.6) is 0 Å². The van der Waals surface area contributed by atoms with Gasteiger partial charge < -0.3 is 5.73 Å². The lowest BCUT2D eigenvalue weighted by Crippen LogP contribution is -2.52. The lowest BCUT2D eigenvalue weighted by atomic mass is 9.54. The highest BCUT2D eigenvalue weighted by molar-refractivity contribution is 8.31. The largest absolute Gasteiger partial charge is 0.327 e. The first kappa shape index (κ1) is 12.9. The topological polar surface area (TPSA) is 60.2 Å². The van der Waals surface area contributed by atoms with Crippen LogP contribution < -0.4 is 5.73 Å². The monoisotopic (exact) mass is 285 g/mol. The Morgan fingerprint density at radius 2 is 1.19 bits per heavy atom. The molecule has 3 nitrogen and oxygen atoms in total. The number of nitrogens with two attached hydrogens (primary N) is 1. The van der Waals surface area contributed by atoms with E-state index >= 15 is 0 Å². The minimum absolute atomic E-state index is 0.586. The number of hydrogen-bond donors (Lipinski definition) is 1. The fourth-order valence-electron chi connectivity index (χ4n) is 3.97. The molecular weight excluding hydrogens is 269 g/mol. The van der Waals surface area contributed by atoms with Gasteiger partial charge in [0.15, 0.2) is 0 Å². The minimum Gasteiger partial charge on any atom is -0.327 e. The lowest BCUT2D eigenvalue weighted by Gasteiger charge is -2.53. The second kappa shape index (κ2) is 4.63. The summed E-state index contributed by atoms with van der Waals surface area (Å²) in [6.07, 6.45) is 7.41. The third-order valence-electron chi connectivity index (χ3n) is 4.30. The molecule has 4 bridgehead atoms. The maximum atomic E-state index is 9.16. The first-order valence-corrected chi connectivity index (χ1v) is 8.86. The zero-order valence-corrected chi connectivity index (χ0v) is 11.3. The van der Waals surface area contributed by atoms with Crippen LogP contribution in [0.2, 0.25) is 0 Å². The summed E-state index contributed by atoms with van der Waals surface area (Å²) in [7, 11) is 4.81. The second-order valence-electron chi connectivity index (χ2n) is 5.39. The number of hydrogen-bond acceptors (Lipinski definition) is 3. The molecule has 0 amide bonds. The summed E-state index contributed by atoms with van der Waals surface area (Å²) >= 11 is 0. The van der Waals surface area contributed by atoms with Gasteiger partial charge in [-0.05, 0) is 55.8 Å². The Morgan fingerprint density at radius 3 is 1.50 bits per heavy atom. The van der Waals surface area contributed by atoms with E-state index in [4.69, 9.17) is 14.2 Å². The molecule has 0 aromatic rings. The third kappa shape index (κ3) is 3.25. The van der Waals surface area contributed by atoms with Crippen LogP contribution in [0.4, 0.5) is 0 Å². The van der Waals surface area contributed by atoms with E-state index in [1.165, 1.54) is 25.7 Å². The van der Waals surface area contributed by atoms with Gasteiger partial charge >= 0.3 is 8.26 Å². The molecule has 2 N–H and O–H groups in total. The molecule has 0 unspecified atom stereocenters. The fourth-order valence-corrected chi connectivity index (χ4v) is 3.97. The van der Waals surface area contributed by atoms with Gasteiger partial charge in [0.2, 0.25) is 0 Å². The summed E-state index contributed by atoms with van der Waals surface area (Å²) in [5.74, 6) is 4.01. The summed E-state index contributed by atoms with van der Waals surface area (Å²) in [4.78, 5) is 0. The molecule has 0 heterocycles. The van der Waals surface area contributed by atoms with Crippen molar-refractivity contribution in [2.45, 2.75) is 38.1 Å². The lowest BCUT2D eigenvalue weighted by molar-refractivity contribution is 0.000349. The minimum atomic E-state index is -3.72. The Morgan fingerprint density at radius 1 is 0.875 bits per heavy atom.